The van der Waals surface area contributed by atoms with E-state index in [1.165, 1.54) is 0 Å². The van der Waals surface area contributed by atoms with Crippen molar-refractivity contribution in [1.29, 1.82) is 0 Å². The second-order valence-corrected chi connectivity index (χ2v) is 13.0. The SMILES string of the molecule is CC(C)(CC(=O)O)CC(=O)OCC(=O)[C@@]1(O)CCC2C3CCC4=CC(=O)CC[C@]4(C)[C@@]3(F)[C@@H](O)C[C@@]21C. The highest BCUT2D eigenvalue weighted by molar-refractivity contribution is 5.92. The van der Waals surface area contributed by atoms with Gasteiger partial charge in [0.15, 0.2) is 12.4 Å². The molecule has 4 rings (SSSR count). The Morgan fingerprint density at radius 2 is 1.78 bits per heavy atom. The van der Waals surface area contributed by atoms with Crippen molar-refractivity contribution in [3.63, 3.8) is 0 Å². The number of carboxylic acid groups (broad SMARTS) is 1. The summed E-state index contributed by atoms with van der Waals surface area (Å²) in [5, 5.41) is 32.0. The molecule has 0 amide bonds. The fraction of sp³-hybridized carbons (Fsp3) is 0.786. The Labute approximate surface area is 216 Å². The number of ketones is 2. The first kappa shape index (κ1) is 27.9. The van der Waals surface area contributed by atoms with Gasteiger partial charge in [0.05, 0.1) is 18.9 Å². The number of ether oxygens (including phenoxy) is 1. The van der Waals surface area contributed by atoms with Crippen LogP contribution in [0.3, 0.4) is 0 Å². The summed E-state index contributed by atoms with van der Waals surface area (Å²) in [5.41, 5.74) is -6.07. The highest BCUT2D eigenvalue weighted by Crippen LogP contribution is 2.70. The highest BCUT2D eigenvalue weighted by atomic mass is 19.1. The number of esters is 1. The fourth-order valence-electron chi connectivity index (χ4n) is 8.21. The van der Waals surface area contributed by atoms with Crippen molar-refractivity contribution in [2.24, 2.45) is 28.1 Å². The molecular formula is C28H39FO8. The average Bonchev–Trinajstić information content (AvgIpc) is 3.04. The second kappa shape index (κ2) is 8.97. The van der Waals surface area contributed by atoms with Crippen LogP contribution in [-0.4, -0.2) is 62.8 Å². The molecule has 206 valence electrons. The third-order valence-corrected chi connectivity index (χ3v) is 10.3. The quantitative estimate of drug-likeness (QED) is 0.433. The number of carbonyl (C=O) groups excluding carboxylic acids is 3. The molecule has 0 aromatic rings. The van der Waals surface area contributed by atoms with Gasteiger partial charge in [-0.25, -0.2) is 4.39 Å². The first-order valence-corrected chi connectivity index (χ1v) is 13.2. The van der Waals surface area contributed by atoms with Gasteiger partial charge >= 0.3 is 11.9 Å². The van der Waals surface area contributed by atoms with Crippen LogP contribution in [0, 0.1) is 28.1 Å². The molecular weight excluding hydrogens is 483 g/mol. The standard InChI is InChI=1S/C28H39FO8/c1-24(2,13-22(33)34)14-23(35)37-15-21(32)27(36)10-8-18-19-6-5-16-11-17(30)7-9-25(16,3)28(19,29)20(31)12-26(18,27)4/h11,18-20,31,36H,5-10,12-15H2,1-4H3,(H,33,34)/t18?,19?,20-,25-,26-,27-,28-/m0/s1. The monoisotopic (exact) mass is 522 g/mol. The summed E-state index contributed by atoms with van der Waals surface area (Å²) < 4.78 is 22.3. The van der Waals surface area contributed by atoms with Gasteiger partial charge in [-0.15, -0.1) is 0 Å². The van der Waals surface area contributed by atoms with Crippen LogP contribution in [0.2, 0.25) is 0 Å². The fourth-order valence-corrected chi connectivity index (χ4v) is 8.21. The molecule has 0 aromatic heterocycles. The molecule has 3 saturated carbocycles. The number of aliphatic carboxylic acids is 1. The normalized spacial score (nSPS) is 41.2. The maximum atomic E-state index is 17.1. The van der Waals surface area contributed by atoms with Crippen molar-refractivity contribution in [3.8, 4) is 0 Å². The number of aliphatic hydroxyl groups is 2. The van der Waals surface area contributed by atoms with E-state index in [0.29, 0.717) is 25.7 Å². The molecule has 3 fully saturated rings. The molecule has 0 saturated heterocycles. The zero-order valence-corrected chi connectivity index (χ0v) is 22.1. The van der Waals surface area contributed by atoms with Gasteiger partial charge in [0, 0.05) is 23.2 Å². The predicted octanol–water partition coefficient (Wildman–Crippen LogP) is 3.32. The number of aliphatic hydroxyl groups excluding tert-OH is 1. The number of fused-ring (bicyclic) bond motifs is 5. The van der Waals surface area contributed by atoms with Gasteiger partial charge in [-0.2, -0.15) is 0 Å². The molecule has 9 heteroatoms. The van der Waals surface area contributed by atoms with E-state index >= 15 is 4.39 Å². The predicted molar refractivity (Wildman–Crippen MR) is 130 cm³/mol. The number of rotatable bonds is 7. The molecule has 0 spiro atoms. The van der Waals surface area contributed by atoms with Gasteiger partial charge in [-0.1, -0.05) is 33.3 Å². The van der Waals surface area contributed by atoms with Crippen LogP contribution in [-0.2, 0) is 23.9 Å². The van der Waals surface area contributed by atoms with Crippen molar-refractivity contribution in [3.05, 3.63) is 11.6 Å². The smallest absolute Gasteiger partial charge is 0.306 e. The minimum absolute atomic E-state index is 0.0219. The lowest BCUT2D eigenvalue weighted by molar-refractivity contribution is -0.227. The summed E-state index contributed by atoms with van der Waals surface area (Å²) in [7, 11) is 0. The third-order valence-electron chi connectivity index (χ3n) is 10.3. The number of halogens is 1. The minimum atomic E-state index is -1.97. The van der Waals surface area contributed by atoms with E-state index in [0.717, 1.165) is 5.57 Å². The van der Waals surface area contributed by atoms with Crippen LogP contribution in [0.15, 0.2) is 11.6 Å². The molecule has 0 aromatic carbocycles. The van der Waals surface area contributed by atoms with Gasteiger partial charge in [0.25, 0.3) is 0 Å². The van der Waals surface area contributed by atoms with Crippen LogP contribution in [0.25, 0.3) is 0 Å². The number of hydrogen-bond donors (Lipinski definition) is 3. The number of alkyl halides is 1. The van der Waals surface area contributed by atoms with Crippen molar-refractivity contribution >= 4 is 23.5 Å². The van der Waals surface area contributed by atoms with Crippen molar-refractivity contribution in [2.45, 2.75) is 103 Å². The summed E-state index contributed by atoms with van der Waals surface area (Å²) in [6.45, 7) is 6.07. The number of Topliss-reactive ketones (excluding diaryl/α,β-unsaturated/α-hetero) is 1. The largest absolute Gasteiger partial charge is 0.481 e. The first-order valence-electron chi connectivity index (χ1n) is 13.2. The van der Waals surface area contributed by atoms with E-state index in [2.05, 4.69) is 0 Å². The minimum Gasteiger partial charge on any atom is -0.481 e. The van der Waals surface area contributed by atoms with E-state index < -0.39 is 63.9 Å². The third kappa shape index (κ3) is 4.17. The van der Waals surface area contributed by atoms with Gasteiger partial charge < -0.3 is 20.1 Å². The second-order valence-electron chi connectivity index (χ2n) is 13.0. The van der Waals surface area contributed by atoms with Crippen molar-refractivity contribution in [1.82, 2.24) is 0 Å². The molecule has 8 nitrogen and oxygen atoms in total. The highest BCUT2D eigenvalue weighted by Gasteiger charge is 2.74. The van der Waals surface area contributed by atoms with Crippen LogP contribution in [0.4, 0.5) is 4.39 Å². The summed E-state index contributed by atoms with van der Waals surface area (Å²) in [4.78, 5) is 48.7. The van der Waals surface area contributed by atoms with Gasteiger partial charge in [-0.3, -0.25) is 19.2 Å². The Bertz CT molecular complexity index is 1050. The van der Waals surface area contributed by atoms with Gasteiger partial charge in [0.2, 0.25) is 5.78 Å². The molecule has 4 aliphatic rings. The van der Waals surface area contributed by atoms with E-state index in [1.807, 2.05) is 0 Å². The Kier molecular flexibility index (Phi) is 6.76. The van der Waals surface area contributed by atoms with Crippen molar-refractivity contribution < 1.29 is 43.6 Å². The Hall–Kier alpha value is -2.13. The Morgan fingerprint density at radius 1 is 1.11 bits per heavy atom. The first-order chi connectivity index (χ1) is 17.0. The molecule has 7 atom stereocenters. The molecule has 0 radical (unpaired) electrons. The summed E-state index contributed by atoms with van der Waals surface area (Å²) >= 11 is 0. The number of carbonyl (C=O) groups is 4. The average molecular weight is 523 g/mol. The lowest BCUT2D eigenvalue weighted by Crippen LogP contribution is -2.69. The van der Waals surface area contributed by atoms with Crippen LogP contribution < -0.4 is 0 Å². The van der Waals surface area contributed by atoms with E-state index in [9.17, 15) is 29.4 Å². The van der Waals surface area contributed by atoms with Crippen LogP contribution >= 0.6 is 0 Å². The summed E-state index contributed by atoms with van der Waals surface area (Å²) in [6.07, 6.45) is 1.52. The molecule has 0 aliphatic heterocycles. The molecule has 2 unspecified atom stereocenters. The van der Waals surface area contributed by atoms with Crippen molar-refractivity contribution in [2.75, 3.05) is 6.61 Å². The number of allylic oxidation sites excluding steroid dienone is 1. The summed E-state index contributed by atoms with van der Waals surface area (Å²) in [6, 6.07) is 0. The van der Waals surface area contributed by atoms with Gasteiger partial charge in [-0.05, 0) is 55.9 Å². The molecule has 0 heterocycles. The molecule has 0 bridgehead atoms. The zero-order valence-electron chi connectivity index (χ0n) is 22.1. The molecule has 3 N–H and O–H groups in total. The maximum absolute atomic E-state index is 17.1. The number of carboxylic acids is 1. The Morgan fingerprint density at radius 3 is 2.43 bits per heavy atom. The van der Waals surface area contributed by atoms with Gasteiger partial charge in [0.1, 0.15) is 11.3 Å². The Balaban J connectivity index is 1.53. The summed E-state index contributed by atoms with van der Waals surface area (Å²) in [5.74, 6) is -3.45. The topological polar surface area (TPSA) is 138 Å². The number of hydrogen-bond acceptors (Lipinski definition) is 7. The van der Waals surface area contributed by atoms with Crippen LogP contribution in [0.5, 0.6) is 0 Å². The van der Waals surface area contributed by atoms with E-state index in [-0.39, 0.29) is 43.8 Å². The molecule has 37 heavy (non-hydrogen) atoms. The molecule has 4 aliphatic carbocycles. The maximum Gasteiger partial charge on any atom is 0.306 e. The van der Waals surface area contributed by atoms with Crippen LogP contribution in [0.1, 0.15) is 85.5 Å². The van der Waals surface area contributed by atoms with E-state index in [1.54, 1.807) is 33.8 Å². The zero-order chi connectivity index (χ0) is 27.6. The lowest BCUT2D eigenvalue weighted by Gasteiger charge is -2.63. The lowest BCUT2D eigenvalue weighted by atomic mass is 9.44. The van der Waals surface area contributed by atoms with E-state index in [4.69, 9.17) is 9.84 Å².